The number of hydrogen-bond donors (Lipinski definition) is 3. The molecule has 17 nitrogen and oxygen atoms in total. The van der Waals surface area contributed by atoms with E-state index in [9.17, 15) is 43.2 Å². The molecule has 0 radical (unpaired) electrons. The summed E-state index contributed by atoms with van der Waals surface area (Å²) in [6.45, 7) is 7.16. The van der Waals surface area contributed by atoms with Crippen LogP contribution in [0, 0.1) is 5.92 Å². The van der Waals surface area contributed by atoms with E-state index in [1.54, 1.807) is 0 Å². The van der Waals surface area contributed by atoms with Gasteiger partial charge in [0.05, 0.1) is 26.4 Å². The second-order valence-electron chi connectivity index (χ2n) is 27.9. The molecule has 5 atom stereocenters. The van der Waals surface area contributed by atoms with Crippen LogP contribution in [-0.2, 0) is 65.4 Å². The van der Waals surface area contributed by atoms with Crippen molar-refractivity contribution in [2.45, 2.75) is 419 Å². The number of phosphoric acid groups is 2. The van der Waals surface area contributed by atoms with Gasteiger partial charge in [0.15, 0.2) is 12.2 Å². The van der Waals surface area contributed by atoms with Gasteiger partial charge in [-0.2, -0.15) is 0 Å². The van der Waals surface area contributed by atoms with Crippen molar-refractivity contribution in [1.82, 2.24) is 0 Å². The SMILES string of the molecule is CCCCCCCCCCCCCCCCCCCCCCCCC(=O)O[C@H](COC(=O)CCCCCCCCCCCCCCCCCC)COP(=O)(O)OC[C@@H](O)COP(=O)(O)OC[C@@H](COC(=O)CCCCCCCCCC)OC(=O)CCCCCCCCC(C)C. The lowest BCUT2D eigenvalue weighted by molar-refractivity contribution is -0.161. The maximum Gasteiger partial charge on any atom is 0.472 e. The Morgan fingerprint density at radius 3 is 0.716 bits per heavy atom. The molecule has 0 fully saturated rings. The molecule has 0 saturated carbocycles. The number of rotatable bonds is 76. The average molecular weight is 1400 g/mol. The summed E-state index contributed by atoms with van der Waals surface area (Å²) in [5.41, 5.74) is 0. The highest BCUT2D eigenvalue weighted by atomic mass is 31.2. The highest BCUT2D eigenvalue weighted by Crippen LogP contribution is 2.45. The van der Waals surface area contributed by atoms with Gasteiger partial charge in [0, 0.05) is 25.7 Å². The Labute approximate surface area is 581 Å². The molecule has 564 valence electrons. The van der Waals surface area contributed by atoms with Crippen molar-refractivity contribution in [3.63, 3.8) is 0 Å². The largest absolute Gasteiger partial charge is 0.472 e. The summed E-state index contributed by atoms with van der Waals surface area (Å²) in [7, 11) is -9.90. The number of hydrogen-bond acceptors (Lipinski definition) is 15. The molecule has 0 saturated heterocycles. The second-order valence-corrected chi connectivity index (χ2v) is 30.8. The van der Waals surface area contributed by atoms with Crippen molar-refractivity contribution in [2.24, 2.45) is 5.92 Å². The van der Waals surface area contributed by atoms with Crippen molar-refractivity contribution in [1.29, 1.82) is 0 Å². The summed E-state index contributed by atoms with van der Waals surface area (Å²) in [5, 5.41) is 10.6. The lowest BCUT2D eigenvalue weighted by Crippen LogP contribution is -2.30. The van der Waals surface area contributed by atoms with Crippen molar-refractivity contribution in [3.8, 4) is 0 Å². The maximum atomic E-state index is 13.1. The van der Waals surface area contributed by atoms with Gasteiger partial charge in [0.25, 0.3) is 0 Å². The highest BCUT2D eigenvalue weighted by Gasteiger charge is 2.30. The van der Waals surface area contributed by atoms with Crippen molar-refractivity contribution >= 4 is 39.5 Å². The van der Waals surface area contributed by atoms with Crippen molar-refractivity contribution in [2.75, 3.05) is 39.6 Å². The Bertz CT molecular complexity index is 1820. The molecule has 0 aliphatic heterocycles. The fourth-order valence-corrected chi connectivity index (χ4v) is 13.3. The predicted molar refractivity (Wildman–Crippen MR) is 386 cm³/mol. The number of carbonyl (C=O) groups excluding carboxylic acids is 4. The minimum absolute atomic E-state index is 0.102. The third-order valence-corrected chi connectivity index (χ3v) is 19.7. The number of aliphatic hydroxyl groups excluding tert-OH is 1. The molecule has 0 aromatic heterocycles. The predicted octanol–water partition coefficient (Wildman–Crippen LogP) is 22.5. The summed E-state index contributed by atoms with van der Waals surface area (Å²) >= 11 is 0. The number of unbranched alkanes of at least 4 members (excludes halogenated alkanes) is 48. The van der Waals surface area contributed by atoms with E-state index >= 15 is 0 Å². The number of phosphoric ester groups is 2. The van der Waals surface area contributed by atoms with Crippen LogP contribution in [-0.4, -0.2) is 96.7 Å². The number of ether oxygens (including phenoxy) is 4. The van der Waals surface area contributed by atoms with Crippen LogP contribution in [0.4, 0.5) is 0 Å². The molecule has 0 bridgehead atoms. The number of aliphatic hydroxyl groups is 1. The molecule has 19 heteroatoms. The van der Waals surface area contributed by atoms with E-state index in [1.807, 2.05) is 0 Å². The van der Waals surface area contributed by atoms with E-state index in [2.05, 4.69) is 34.6 Å². The average Bonchev–Trinajstić information content (AvgIpc) is 1.52. The Balaban J connectivity index is 5.14. The van der Waals surface area contributed by atoms with Crippen LogP contribution in [0.5, 0.6) is 0 Å². The van der Waals surface area contributed by atoms with Crippen molar-refractivity contribution < 1.29 is 80.2 Å². The van der Waals surface area contributed by atoms with Gasteiger partial charge in [-0.25, -0.2) is 9.13 Å². The Morgan fingerprint density at radius 2 is 0.484 bits per heavy atom. The van der Waals surface area contributed by atoms with Gasteiger partial charge in [-0.05, 0) is 31.6 Å². The fourth-order valence-electron chi connectivity index (χ4n) is 11.7. The van der Waals surface area contributed by atoms with Crippen LogP contribution in [0.2, 0.25) is 0 Å². The Kier molecular flexibility index (Phi) is 67.7. The minimum atomic E-state index is -4.96. The van der Waals surface area contributed by atoms with E-state index in [1.165, 1.54) is 218 Å². The molecule has 95 heavy (non-hydrogen) atoms. The fraction of sp³-hybridized carbons (Fsp3) is 0.947. The minimum Gasteiger partial charge on any atom is -0.462 e. The van der Waals surface area contributed by atoms with Gasteiger partial charge in [0.2, 0.25) is 0 Å². The Morgan fingerprint density at radius 1 is 0.284 bits per heavy atom. The zero-order valence-electron chi connectivity index (χ0n) is 61.8. The topological polar surface area (TPSA) is 237 Å². The Hall–Kier alpha value is -1.94. The van der Waals surface area contributed by atoms with Crippen LogP contribution < -0.4 is 0 Å². The van der Waals surface area contributed by atoms with Crippen LogP contribution >= 0.6 is 15.6 Å². The molecular formula is C76H148O17P2. The molecule has 0 aromatic carbocycles. The third kappa shape index (κ3) is 70.3. The first-order chi connectivity index (χ1) is 46.0. The molecule has 2 unspecified atom stereocenters. The van der Waals surface area contributed by atoms with E-state index < -0.39 is 97.5 Å². The normalized spacial score (nSPS) is 13.9. The summed E-state index contributed by atoms with van der Waals surface area (Å²) < 4.78 is 68.4. The van der Waals surface area contributed by atoms with Gasteiger partial charge in [-0.3, -0.25) is 37.3 Å². The summed E-state index contributed by atoms with van der Waals surface area (Å²) in [6.07, 6.45) is 58.8. The van der Waals surface area contributed by atoms with E-state index in [4.69, 9.17) is 37.0 Å². The lowest BCUT2D eigenvalue weighted by Gasteiger charge is -2.21. The molecule has 0 aromatic rings. The first kappa shape index (κ1) is 93.1. The number of carbonyl (C=O) groups is 4. The molecule has 0 rings (SSSR count). The third-order valence-electron chi connectivity index (χ3n) is 17.8. The van der Waals surface area contributed by atoms with Crippen molar-refractivity contribution in [3.05, 3.63) is 0 Å². The second kappa shape index (κ2) is 69.2. The van der Waals surface area contributed by atoms with Gasteiger partial charge >= 0.3 is 39.5 Å². The van der Waals surface area contributed by atoms with Gasteiger partial charge < -0.3 is 33.8 Å². The maximum absolute atomic E-state index is 13.1. The van der Waals surface area contributed by atoms with Gasteiger partial charge in [-0.1, -0.05) is 349 Å². The summed E-state index contributed by atoms with van der Waals surface area (Å²) in [6, 6.07) is 0. The zero-order valence-corrected chi connectivity index (χ0v) is 63.6. The molecule has 0 heterocycles. The van der Waals surface area contributed by atoms with E-state index in [0.717, 1.165) is 96.3 Å². The first-order valence-electron chi connectivity index (χ1n) is 39.6. The van der Waals surface area contributed by atoms with Crippen LogP contribution in [0.15, 0.2) is 0 Å². The molecule has 0 aliphatic carbocycles. The lowest BCUT2D eigenvalue weighted by atomic mass is 10.0. The van der Waals surface area contributed by atoms with Crippen LogP contribution in [0.1, 0.15) is 401 Å². The standard InChI is InChI=1S/C76H148O17P2/c1-6-9-12-15-18-21-23-25-27-29-30-31-32-33-34-36-38-40-42-45-51-56-61-75(80)92-71(65-87-74(79)60-55-50-44-41-39-37-35-28-26-24-22-19-16-13-10-7-2)67-90-94(82,83)88-63-70(77)64-89-95(84,85)91-68-72(66-86-73(78)59-54-49-43-20-17-14-11-8-3)93-76(81)62-57-52-47-46-48-53-58-69(4)5/h69-72,77H,6-68H2,1-5H3,(H,82,83)(H,84,85)/t70-,71-,72-/m1/s1. The molecule has 0 spiro atoms. The molecular weight excluding hydrogens is 1250 g/mol. The van der Waals surface area contributed by atoms with Crippen LogP contribution in [0.25, 0.3) is 0 Å². The van der Waals surface area contributed by atoms with E-state index in [0.29, 0.717) is 31.6 Å². The first-order valence-corrected chi connectivity index (χ1v) is 42.6. The molecule has 3 N–H and O–H groups in total. The smallest absolute Gasteiger partial charge is 0.462 e. The quantitative estimate of drug-likeness (QED) is 0.0222. The summed E-state index contributed by atoms with van der Waals surface area (Å²) in [5.74, 6) is -1.45. The van der Waals surface area contributed by atoms with Gasteiger partial charge in [-0.15, -0.1) is 0 Å². The highest BCUT2D eigenvalue weighted by molar-refractivity contribution is 7.47. The molecule has 0 aliphatic rings. The number of esters is 4. The zero-order chi connectivity index (χ0) is 69.8. The van der Waals surface area contributed by atoms with E-state index in [-0.39, 0.29) is 25.7 Å². The summed E-state index contributed by atoms with van der Waals surface area (Å²) in [4.78, 5) is 72.6. The van der Waals surface area contributed by atoms with Gasteiger partial charge in [0.1, 0.15) is 19.3 Å². The van der Waals surface area contributed by atoms with Crippen LogP contribution in [0.3, 0.4) is 0 Å². The molecule has 0 amide bonds. The monoisotopic (exact) mass is 1400 g/mol.